The molecule has 84 valence electrons. The first-order chi connectivity index (χ1) is 7.49. The Balaban J connectivity index is 2.59. The summed E-state index contributed by atoms with van der Waals surface area (Å²) in [7, 11) is 0. The molecular formula is C8H2Br2ClNO2S2. The molecule has 2 aromatic heterocycles. The molecule has 8 heteroatoms. The van der Waals surface area contributed by atoms with E-state index in [0.29, 0.717) is 13.1 Å². The predicted molar refractivity (Wildman–Crippen MR) is 72.8 cm³/mol. The Morgan fingerprint density at radius 2 is 2.12 bits per heavy atom. The van der Waals surface area contributed by atoms with Crippen LogP contribution in [0.15, 0.2) is 14.5 Å². The van der Waals surface area contributed by atoms with E-state index in [9.17, 15) is 4.79 Å². The quantitative estimate of drug-likeness (QED) is 0.787. The van der Waals surface area contributed by atoms with E-state index in [0.717, 1.165) is 9.35 Å². The van der Waals surface area contributed by atoms with Gasteiger partial charge in [0.2, 0.25) is 0 Å². The Morgan fingerprint density at radius 3 is 2.62 bits per heavy atom. The highest BCUT2D eigenvalue weighted by Gasteiger charge is 2.20. The molecule has 2 rings (SSSR count). The van der Waals surface area contributed by atoms with E-state index in [-0.39, 0.29) is 5.69 Å². The van der Waals surface area contributed by atoms with Crippen LogP contribution in [0.4, 0.5) is 0 Å². The van der Waals surface area contributed by atoms with E-state index in [1.807, 2.05) is 0 Å². The van der Waals surface area contributed by atoms with Gasteiger partial charge in [-0.2, -0.15) is 0 Å². The lowest BCUT2D eigenvalue weighted by atomic mass is 10.3. The summed E-state index contributed by atoms with van der Waals surface area (Å²) in [5, 5.41) is 9.00. The van der Waals surface area contributed by atoms with Crippen molar-refractivity contribution in [3.05, 3.63) is 24.5 Å². The highest BCUT2D eigenvalue weighted by Crippen LogP contribution is 2.42. The van der Waals surface area contributed by atoms with E-state index in [2.05, 4.69) is 36.8 Å². The number of hydrogen-bond acceptors (Lipinski definition) is 4. The van der Waals surface area contributed by atoms with E-state index in [1.54, 1.807) is 6.07 Å². The molecule has 0 unspecified atom stereocenters. The number of thiazole rings is 1. The SMILES string of the molecule is O=C(O)c1nc(Br)sc1-c1cc(Br)c(Cl)s1. The normalized spacial score (nSPS) is 10.7. The van der Waals surface area contributed by atoms with Crippen molar-refractivity contribution in [1.29, 1.82) is 0 Å². The summed E-state index contributed by atoms with van der Waals surface area (Å²) in [4.78, 5) is 16.3. The number of carboxylic acid groups (broad SMARTS) is 1. The third kappa shape index (κ3) is 2.33. The Labute approximate surface area is 120 Å². The predicted octanol–water partition coefficient (Wildman–Crippen LogP) is 4.75. The first-order valence-electron chi connectivity index (χ1n) is 3.84. The molecule has 0 aromatic carbocycles. The molecule has 0 aliphatic carbocycles. The van der Waals surface area contributed by atoms with Crippen molar-refractivity contribution in [2.24, 2.45) is 0 Å². The average molecular weight is 404 g/mol. The fourth-order valence-corrected chi connectivity index (χ4v) is 4.31. The van der Waals surface area contributed by atoms with Crippen molar-refractivity contribution in [3.8, 4) is 9.75 Å². The summed E-state index contributed by atoms with van der Waals surface area (Å²) >= 11 is 15.0. The summed E-state index contributed by atoms with van der Waals surface area (Å²) < 4.78 is 1.89. The highest BCUT2D eigenvalue weighted by atomic mass is 79.9. The zero-order valence-electron chi connectivity index (χ0n) is 7.33. The molecule has 3 nitrogen and oxygen atoms in total. The van der Waals surface area contributed by atoms with Crippen LogP contribution in [0.5, 0.6) is 0 Å². The van der Waals surface area contributed by atoms with E-state index >= 15 is 0 Å². The van der Waals surface area contributed by atoms with Gasteiger partial charge in [0.1, 0.15) is 4.34 Å². The number of nitrogens with zero attached hydrogens (tertiary/aromatic N) is 1. The number of carboxylic acids is 1. The minimum Gasteiger partial charge on any atom is -0.476 e. The van der Waals surface area contributed by atoms with Crippen LogP contribution in [0, 0.1) is 0 Å². The topological polar surface area (TPSA) is 50.2 Å². The molecule has 1 N–H and O–H groups in total. The second kappa shape index (κ2) is 4.73. The van der Waals surface area contributed by atoms with Crippen molar-refractivity contribution in [3.63, 3.8) is 0 Å². The fraction of sp³-hybridized carbons (Fsp3) is 0. The zero-order valence-corrected chi connectivity index (χ0v) is 12.9. The Kier molecular flexibility index (Phi) is 3.70. The Morgan fingerprint density at radius 1 is 1.44 bits per heavy atom. The van der Waals surface area contributed by atoms with Gasteiger partial charge in [-0.25, -0.2) is 9.78 Å². The van der Waals surface area contributed by atoms with Crippen molar-refractivity contribution in [2.75, 3.05) is 0 Å². The number of carbonyl (C=O) groups is 1. The lowest BCUT2D eigenvalue weighted by Crippen LogP contribution is -1.97. The second-order valence-electron chi connectivity index (χ2n) is 2.68. The van der Waals surface area contributed by atoms with Gasteiger partial charge in [0.25, 0.3) is 0 Å². The number of halogens is 3. The fourth-order valence-electron chi connectivity index (χ4n) is 1.06. The monoisotopic (exact) mass is 401 g/mol. The zero-order chi connectivity index (χ0) is 11.9. The third-order valence-corrected chi connectivity index (χ3v) is 5.83. The summed E-state index contributed by atoms with van der Waals surface area (Å²) in [5.41, 5.74) is 0.0438. The van der Waals surface area contributed by atoms with Gasteiger partial charge in [0, 0.05) is 9.35 Å². The molecule has 0 amide bonds. The van der Waals surface area contributed by atoms with E-state index < -0.39 is 5.97 Å². The maximum atomic E-state index is 11.0. The average Bonchev–Trinajstić information content (AvgIpc) is 2.71. The van der Waals surface area contributed by atoms with Crippen molar-refractivity contribution < 1.29 is 9.90 Å². The number of rotatable bonds is 2. The van der Waals surface area contributed by atoms with Gasteiger partial charge >= 0.3 is 5.97 Å². The van der Waals surface area contributed by atoms with Crippen molar-refractivity contribution in [2.45, 2.75) is 0 Å². The standard InChI is InChI=1S/C8H2Br2ClNO2S2/c9-2-1-3(15-6(2)11)5-4(7(13)14)12-8(10)16-5/h1H,(H,13,14). The lowest BCUT2D eigenvalue weighted by Gasteiger charge is -1.92. The van der Waals surface area contributed by atoms with Crippen LogP contribution in [-0.2, 0) is 0 Å². The smallest absolute Gasteiger partial charge is 0.356 e. The van der Waals surface area contributed by atoms with Crippen LogP contribution in [0.25, 0.3) is 9.75 Å². The number of aromatic nitrogens is 1. The lowest BCUT2D eigenvalue weighted by molar-refractivity contribution is 0.0692. The van der Waals surface area contributed by atoms with Crippen LogP contribution in [0.2, 0.25) is 4.34 Å². The first-order valence-corrected chi connectivity index (χ1v) is 7.43. The van der Waals surface area contributed by atoms with Gasteiger partial charge in [-0.15, -0.1) is 22.7 Å². The molecule has 0 aliphatic rings. The van der Waals surface area contributed by atoms with Gasteiger partial charge in [0.15, 0.2) is 9.61 Å². The Bertz CT molecular complexity index is 547. The molecule has 0 atom stereocenters. The van der Waals surface area contributed by atoms with E-state index in [1.165, 1.54) is 22.7 Å². The van der Waals surface area contributed by atoms with Crippen LogP contribution in [-0.4, -0.2) is 16.1 Å². The highest BCUT2D eigenvalue weighted by molar-refractivity contribution is 9.11. The summed E-state index contributed by atoms with van der Waals surface area (Å²) in [5.74, 6) is -1.04. The van der Waals surface area contributed by atoms with Crippen molar-refractivity contribution in [1.82, 2.24) is 4.98 Å². The van der Waals surface area contributed by atoms with Gasteiger partial charge in [-0.1, -0.05) is 11.6 Å². The van der Waals surface area contributed by atoms with Crippen LogP contribution in [0.1, 0.15) is 10.5 Å². The molecule has 0 spiro atoms. The molecule has 0 saturated carbocycles. The molecule has 0 radical (unpaired) electrons. The van der Waals surface area contributed by atoms with Crippen LogP contribution in [0.3, 0.4) is 0 Å². The molecule has 0 saturated heterocycles. The molecule has 16 heavy (non-hydrogen) atoms. The minimum absolute atomic E-state index is 0.0438. The van der Waals surface area contributed by atoms with E-state index in [4.69, 9.17) is 16.7 Å². The first kappa shape index (κ1) is 12.5. The van der Waals surface area contributed by atoms with Crippen LogP contribution < -0.4 is 0 Å². The molecule has 2 aromatic rings. The molecule has 0 aliphatic heterocycles. The van der Waals surface area contributed by atoms with Gasteiger partial charge in [-0.3, -0.25) is 0 Å². The number of thiophene rings is 1. The summed E-state index contributed by atoms with van der Waals surface area (Å²) in [6.07, 6.45) is 0. The Hall–Kier alpha value is 0.0500. The third-order valence-electron chi connectivity index (χ3n) is 1.67. The van der Waals surface area contributed by atoms with Gasteiger partial charge in [0.05, 0.1) is 4.88 Å². The molecule has 0 bridgehead atoms. The molecule has 2 heterocycles. The largest absolute Gasteiger partial charge is 0.476 e. The summed E-state index contributed by atoms with van der Waals surface area (Å²) in [6, 6.07) is 1.79. The minimum atomic E-state index is -1.04. The van der Waals surface area contributed by atoms with Gasteiger partial charge < -0.3 is 5.11 Å². The number of aromatic carboxylic acids is 1. The maximum Gasteiger partial charge on any atom is 0.356 e. The summed E-state index contributed by atoms with van der Waals surface area (Å²) in [6.45, 7) is 0. The number of hydrogen-bond donors (Lipinski definition) is 1. The molecule has 0 fully saturated rings. The molecular weight excluding hydrogens is 401 g/mol. The second-order valence-corrected chi connectivity index (χ2v) is 7.47. The maximum absolute atomic E-state index is 11.0. The van der Waals surface area contributed by atoms with Crippen LogP contribution >= 0.6 is 66.1 Å². The van der Waals surface area contributed by atoms with Gasteiger partial charge in [-0.05, 0) is 37.9 Å². The van der Waals surface area contributed by atoms with Crippen molar-refractivity contribution >= 4 is 72.1 Å².